The van der Waals surface area contributed by atoms with Crippen LogP contribution in [0.2, 0.25) is 0 Å². The standard InChI is InChI=1S/C43H22N6S/c1-46-35-21-28(41-34(25-45)40(26-12-4-2-5-13-26)47-43(48-41)27-14-6-3-7-15-27)20-29(24-44)42(35)49-36-18-10-8-16-30(36)32-22-33-31-17-9-11-19-38(31)50-39(33)23-37(32)49/h2-23H. The van der Waals surface area contributed by atoms with E-state index in [0.29, 0.717) is 34.0 Å². The Morgan fingerprint density at radius 3 is 1.96 bits per heavy atom. The lowest BCUT2D eigenvalue weighted by atomic mass is 9.97. The first-order valence-electron chi connectivity index (χ1n) is 15.9. The number of rotatable bonds is 4. The maximum absolute atomic E-state index is 10.7. The van der Waals surface area contributed by atoms with Crippen molar-refractivity contribution in [2.24, 2.45) is 0 Å². The molecule has 6 aromatic carbocycles. The van der Waals surface area contributed by atoms with Gasteiger partial charge in [0.25, 0.3) is 0 Å². The molecule has 0 saturated carbocycles. The first-order chi connectivity index (χ1) is 24.7. The van der Waals surface area contributed by atoms with Crippen molar-refractivity contribution in [1.82, 2.24) is 14.5 Å². The summed E-state index contributed by atoms with van der Waals surface area (Å²) in [6, 6.07) is 48.3. The van der Waals surface area contributed by atoms with E-state index in [0.717, 1.165) is 37.6 Å². The third kappa shape index (κ3) is 4.45. The fraction of sp³-hybridized carbons (Fsp3) is 0. The Morgan fingerprint density at radius 2 is 1.24 bits per heavy atom. The van der Waals surface area contributed by atoms with E-state index < -0.39 is 0 Å². The molecule has 3 aromatic heterocycles. The normalized spacial score (nSPS) is 11.1. The van der Waals surface area contributed by atoms with Gasteiger partial charge in [0.1, 0.15) is 11.6 Å². The molecule has 0 N–H and O–H groups in total. The summed E-state index contributed by atoms with van der Waals surface area (Å²) >= 11 is 1.73. The minimum atomic E-state index is 0.271. The number of nitrogens with zero attached hydrogens (tertiary/aromatic N) is 6. The summed E-state index contributed by atoms with van der Waals surface area (Å²) in [4.78, 5) is 13.8. The van der Waals surface area contributed by atoms with Crippen molar-refractivity contribution in [3.63, 3.8) is 0 Å². The summed E-state index contributed by atoms with van der Waals surface area (Å²) in [6.07, 6.45) is 0. The molecule has 0 radical (unpaired) electrons. The van der Waals surface area contributed by atoms with Crippen LogP contribution < -0.4 is 0 Å². The molecule has 0 aliphatic carbocycles. The Kier molecular flexibility index (Phi) is 6.71. The second kappa shape index (κ2) is 11.5. The molecular weight excluding hydrogens is 633 g/mol. The van der Waals surface area contributed by atoms with Crippen molar-refractivity contribution in [1.29, 1.82) is 10.5 Å². The van der Waals surface area contributed by atoms with Crippen LogP contribution in [0.5, 0.6) is 0 Å². The van der Waals surface area contributed by atoms with E-state index in [9.17, 15) is 10.5 Å². The molecule has 50 heavy (non-hydrogen) atoms. The minimum absolute atomic E-state index is 0.271. The van der Waals surface area contributed by atoms with E-state index in [1.807, 2.05) is 83.4 Å². The van der Waals surface area contributed by atoms with Gasteiger partial charge >= 0.3 is 0 Å². The van der Waals surface area contributed by atoms with Gasteiger partial charge in [-0.15, -0.1) is 11.3 Å². The quantitative estimate of drug-likeness (QED) is 0.177. The summed E-state index contributed by atoms with van der Waals surface area (Å²) in [5.41, 5.74) is 6.07. The van der Waals surface area contributed by atoms with E-state index in [1.54, 1.807) is 23.5 Å². The zero-order valence-corrected chi connectivity index (χ0v) is 27.1. The molecule has 0 aliphatic heterocycles. The lowest BCUT2D eigenvalue weighted by molar-refractivity contribution is 1.16. The summed E-state index contributed by atoms with van der Waals surface area (Å²) in [5, 5.41) is 25.8. The number of benzene rings is 6. The molecule has 0 fully saturated rings. The highest BCUT2D eigenvalue weighted by Gasteiger charge is 2.24. The third-order valence-corrected chi connectivity index (χ3v) is 10.2. The second-order valence-corrected chi connectivity index (χ2v) is 13.0. The summed E-state index contributed by atoms with van der Waals surface area (Å²) in [7, 11) is 0. The molecule has 6 nitrogen and oxygen atoms in total. The first-order valence-corrected chi connectivity index (χ1v) is 16.7. The molecule has 0 spiro atoms. The van der Waals surface area contributed by atoms with Crippen molar-refractivity contribution in [3.05, 3.63) is 156 Å². The van der Waals surface area contributed by atoms with Gasteiger partial charge in [-0.2, -0.15) is 10.5 Å². The van der Waals surface area contributed by atoms with Crippen molar-refractivity contribution < 1.29 is 0 Å². The lowest BCUT2D eigenvalue weighted by Crippen LogP contribution is -2.03. The van der Waals surface area contributed by atoms with Gasteiger partial charge in [0.2, 0.25) is 5.69 Å². The molecule has 230 valence electrons. The predicted molar refractivity (Wildman–Crippen MR) is 201 cm³/mol. The SMILES string of the molecule is [C-]#[N+]c1cc(-c2nc(-c3ccccc3)nc(-c3ccccc3)c2C#N)cc(C#N)c1-n1c2ccccc2c2cc3c(cc21)sc1ccccc13. The molecule has 0 aliphatic rings. The Labute approximate surface area is 290 Å². The monoisotopic (exact) mass is 654 g/mol. The Hall–Kier alpha value is -7.11. The fourth-order valence-electron chi connectivity index (χ4n) is 6.89. The van der Waals surface area contributed by atoms with Gasteiger partial charge < -0.3 is 4.57 Å². The number of hydrogen-bond acceptors (Lipinski definition) is 5. The van der Waals surface area contributed by atoms with Crippen LogP contribution in [0.3, 0.4) is 0 Å². The average molecular weight is 655 g/mol. The van der Waals surface area contributed by atoms with Gasteiger partial charge in [-0.05, 0) is 42.0 Å². The van der Waals surface area contributed by atoms with Crippen LogP contribution in [-0.4, -0.2) is 14.5 Å². The summed E-state index contributed by atoms with van der Waals surface area (Å²) in [5.74, 6) is 0.445. The van der Waals surface area contributed by atoms with Gasteiger partial charge in [0.05, 0.1) is 46.3 Å². The third-order valence-electron chi connectivity index (χ3n) is 9.10. The summed E-state index contributed by atoms with van der Waals surface area (Å²) < 4.78 is 4.38. The Balaban J connectivity index is 1.34. The number of para-hydroxylation sites is 1. The highest BCUT2D eigenvalue weighted by atomic mass is 32.1. The van der Waals surface area contributed by atoms with Crippen LogP contribution in [0.1, 0.15) is 11.1 Å². The maximum atomic E-state index is 10.7. The number of thiophene rings is 1. The van der Waals surface area contributed by atoms with Gasteiger partial charge in [0.15, 0.2) is 5.82 Å². The molecule has 9 aromatic rings. The summed E-state index contributed by atoms with van der Waals surface area (Å²) in [6.45, 7) is 8.40. The van der Waals surface area contributed by atoms with E-state index in [2.05, 4.69) is 59.4 Å². The van der Waals surface area contributed by atoms with E-state index in [1.165, 1.54) is 15.5 Å². The smallest absolute Gasteiger partial charge is 0.212 e. The fourth-order valence-corrected chi connectivity index (χ4v) is 8.01. The molecular formula is C43H22N6S. The zero-order valence-electron chi connectivity index (χ0n) is 26.3. The highest BCUT2D eigenvalue weighted by Crippen LogP contribution is 2.44. The van der Waals surface area contributed by atoms with Crippen molar-refractivity contribution >= 4 is 59.0 Å². The molecule has 0 amide bonds. The van der Waals surface area contributed by atoms with E-state index >= 15 is 0 Å². The van der Waals surface area contributed by atoms with Crippen molar-refractivity contribution in [3.8, 4) is 51.7 Å². The van der Waals surface area contributed by atoms with Gasteiger partial charge in [0, 0.05) is 42.1 Å². The predicted octanol–water partition coefficient (Wildman–Crippen LogP) is 11.2. The lowest BCUT2D eigenvalue weighted by Gasteiger charge is -2.16. The second-order valence-electron chi connectivity index (χ2n) is 11.9. The first kappa shape index (κ1) is 29.1. The number of nitriles is 2. The molecule has 0 unspecified atom stereocenters. The van der Waals surface area contributed by atoms with Crippen molar-refractivity contribution in [2.75, 3.05) is 0 Å². The van der Waals surface area contributed by atoms with Crippen LogP contribution in [-0.2, 0) is 0 Å². The topological polar surface area (TPSA) is 82.7 Å². The van der Waals surface area contributed by atoms with Crippen LogP contribution in [0.15, 0.2) is 133 Å². The van der Waals surface area contributed by atoms with E-state index in [4.69, 9.17) is 16.5 Å². The molecule has 9 rings (SSSR count). The van der Waals surface area contributed by atoms with Crippen LogP contribution >= 0.6 is 11.3 Å². The largest absolute Gasteiger partial charge is 0.318 e. The van der Waals surface area contributed by atoms with Crippen LogP contribution in [0, 0.1) is 29.2 Å². The average Bonchev–Trinajstić information content (AvgIpc) is 3.71. The van der Waals surface area contributed by atoms with Crippen LogP contribution in [0.25, 0.3) is 86.4 Å². The van der Waals surface area contributed by atoms with E-state index in [-0.39, 0.29) is 11.3 Å². The van der Waals surface area contributed by atoms with Crippen molar-refractivity contribution in [2.45, 2.75) is 0 Å². The molecule has 0 atom stereocenters. The molecule has 7 heteroatoms. The molecule has 0 bridgehead atoms. The highest BCUT2D eigenvalue weighted by molar-refractivity contribution is 7.25. The number of fused-ring (bicyclic) bond motifs is 6. The maximum Gasteiger partial charge on any atom is 0.212 e. The number of aromatic nitrogens is 3. The molecule has 3 heterocycles. The van der Waals surface area contributed by atoms with Gasteiger partial charge in [-0.25, -0.2) is 14.8 Å². The van der Waals surface area contributed by atoms with Crippen LogP contribution in [0.4, 0.5) is 5.69 Å². The minimum Gasteiger partial charge on any atom is -0.318 e. The number of hydrogen-bond donors (Lipinski definition) is 0. The van der Waals surface area contributed by atoms with Gasteiger partial charge in [-0.3, -0.25) is 0 Å². The van der Waals surface area contributed by atoms with Gasteiger partial charge in [-0.1, -0.05) is 97.1 Å². The zero-order chi connectivity index (χ0) is 33.8. The Morgan fingerprint density at radius 1 is 0.580 bits per heavy atom. The Bertz CT molecular complexity index is 2920. The molecule has 0 saturated heterocycles.